The fourth-order valence-corrected chi connectivity index (χ4v) is 4.36. The van der Waals surface area contributed by atoms with Crippen molar-refractivity contribution in [2.75, 3.05) is 33.9 Å². The zero-order valence-electron chi connectivity index (χ0n) is 18.1. The van der Waals surface area contributed by atoms with Crippen LogP contribution in [0.3, 0.4) is 0 Å². The Bertz CT molecular complexity index is 645. The molecule has 0 amide bonds. The molecule has 0 spiro atoms. The van der Waals surface area contributed by atoms with Gasteiger partial charge in [-0.2, -0.15) is 5.10 Å². The minimum atomic E-state index is 0. The topological polar surface area (TPSA) is 85.6 Å². The molecule has 1 atom stereocenters. The molecule has 2 N–H and O–H groups in total. The number of guanidine groups is 1. The summed E-state index contributed by atoms with van der Waals surface area (Å²) in [6.45, 7) is 5.93. The molecule has 0 saturated heterocycles. The van der Waals surface area contributed by atoms with Crippen molar-refractivity contribution in [3.63, 3.8) is 0 Å². The second-order valence-corrected chi connectivity index (χ2v) is 8.08. The van der Waals surface area contributed by atoms with Crippen molar-refractivity contribution in [3.05, 3.63) is 11.6 Å². The molecule has 2 heterocycles. The standard InChI is InChI=1S/C20H36N6O2.HI/c1-4-21-19(22-15-20(11-12-27-2)9-5-6-10-20)23-16-7-8-18-24-17(14-28-3)25-26(18)13-16;/h16H,4-15H2,1-3H3,(H2,21,22,23);1H. The van der Waals surface area contributed by atoms with Crippen molar-refractivity contribution in [1.29, 1.82) is 0 Å². The molecule has 1 fully saturated rings. The van der Waals surface area contributed by atoms with E-state index in [2.05, 4.69) is 27.6 Å². The summed E-state index contributed by atoms with van der Waals surface area (Å²) in [6.07, 6.45) is 8.19. The Morgan fingerprint density at radius 1 is 1.28 bits per heavy atom. The van der Waals surface area contributed by atoms with Crippen LogP contribution in [0, 0.1) is 5.41 Å². The first kappa shape index (κ1) is 24.3. The number of rotatable bonds is 9. The van der Waals surface area contributed by atoms with Crippen LogP contribution in [-0.2, 0) is 29.0 Å². The van der Waals surface area contributed by atoms with Crippen LogP contribution in [0.1, 0.15) is 57.1 Å². The predicted molar refractivity (Wildman–Crippen MR) is 125 cm³/mol. The first-order chi connectivity index (χ1) is 13.7. The van der Waals surface area contributed by atoms with Gasteiger partial charge in [0, 0.05) is 46.4 Å². The van der Waals surface area contributed by atoms with E-state index in [1.807, 2.05) is 4.68 Å². The van der Waals surface area contributed by atoms with Gasteiger partial charge < -0.3 is 20.1 Å². The molecule has 0 bridgehead atoms. The summed E-state index contributed by atoms with van der Waals surface area (Å²) in [5.74, 6) is 2.73. The van der Waals surface area contributed by atoms with Crippen molar-refractivity contribution in [2.45, 2.75) is 71.1 Å². The zero-order valence-corrected chi connectivity index (χ0v) is 20.4. The molecule has 8 nitrogen and oxygen atoms in total. The van der Waals surface area contributed by atoms with Gasteiger partial charge in [0.15, 0.2) is 11.8 Å². The third-order valence-electron chi connectivity index (χ3n) is 5.93. The molecule has 1 unspecified atom stereocenters. The van der Waals surface area contributed by atoms with Gasteiger partial charge in [0.2, 0.25) is 0 Å². The number of ether oxygens (including phenoxy) is 2. The van der Waals surface area contributed by atoms with Gasteiger partial charge in [-0.25, -0.2) is 9.67 Å². The summed E-state index contributed by atoms with van der Waals surface area (Å²) in [5, 5.41) is 11.6. The van der Waals surface area contributed by atoms with Gasteiger partial charge in [0.1, 0.15) is 12.4 Å². The first-order valence-electron chi connectivity index (χ1n) is 10.6. The lowest BCUT2D eigenvalue weighted by atomic mass is 9.83. The molecule has 0 radical (unpaired) electrons. The third-order valence-corrected chi connectivity index (χ3v) is 5.93. The lowest BCUT2D eigenvalue weighted by Crippen LogP contribution is -2.47. The van der Waals surface area contributed by atoms with Gasteiger partial charge in [0.05, 0.1) is 6.54 Å². The Labute approximate surface area is 191 Å². The fourth-order valence-electron chi connectivity index (χ4n) is 4.36. The predicted octanol–water partition coefficient (Wildman–Crippen LogP) is 2.51. The third kappa shape index (κ3) is 6.78. The van der Waals surface area contributed by atoms with Crippen molar-refractivity contribution in [2.24, 2.45) is 10.4 Å². The first-order valence-corrected chi connectivity index (χ1v) is 10.6. The SMILES string of the molecule is CCNC(=NCC1(CCOC)CCCC1)NC1CCc2nc(COC)nn2C1.I. The molecule has 1 aromatic heterocycles. The van der Waals surface area contributed by atoms with Gasteiger partial charge in [-0.05, 0) is 38.0 Å². The number of aliphatic imine (C=N–C) groups is 1. The summed E-state index contributed by atoms with van der Waals surface area (Å²) < 4.78 is 12.5. The van der Waals surface area contributed by atoms with Gasteiger partial charge in [-0.3, -0.25) is 4.99 Å². The summed E-state index contributed by atoms with van der Waals surface area (Å²) >= 11 is 0. The highest BCUT2D eigenvalue weighted by Gasteiger charge is 2.33. The van der Waals surface area contributed by atoms with Gasteiger partial charge in [-0.15, -0.1) is 24.0 Å². The molecule has 0 aromatic carbocycles. The normalized spacial score (nSPS) is 20.8. The average Bonchev–Trinajstić information content (AvgIpc) is 3.32. The molecule has 2 aliphatic rings. The Morgan fingerprint density at radius 2 is 2.07 bits per heavy atom. The second kappa shape index (κ2) is 12.0. The highest BCUT2D eigenvalue weighted by molar-refractivity contribution is 14.0. The molecule has 1 aromatic rings. The van der Waals surface area contributed by atoms with Crippen molar-refractivity contribution < 1.29 is 9.47 Å². The minimum absolute atomic E-state index is 0. The van der Waals surface area contributed by atoms with Crippen LogP contribution >= 0.6 is 24.0 Å². The fraction of sp³-hybridized carbons (Fsp3) is 0.850. The number of aromatic nitrogens is 3. The number of nitrogens with one attached hydrogen (secondary N) is 2. The zero-order chi connectivity index (χ0) is 19.8. The molecule has 9 heteroatoms. The van der Waals surface area contributed by atoms with Crippen LogP contribution in [0.5, 0.6) is 0 Å². The van der Waals surface area contributed by atoms with Crippen LogP contribution in [0.15, 0.2) is 4.99 Å². The van der Waals surface area contributed by atoms with Crippen molar-refractivity contribution in [3.8, 4) is 0 Å². The summed E-state index contributed by atoms with van der Waals surface area (Å²) in [5.41, 5.74) is 0.305. The second-order valence-electron chi connectivity index (χ2n) is 8.08. The molecular formula is C20H37IN6O2. The largest absolute Gasteiger partial charge is 0.385 e. The number of methoxy groups -OCH3 is 2. The molecule has 1 aliphatic heterocycles. The lowest BCUT2D eigenvalue weighted by Gasteiger charge is -2.29. The maximum Gasteiger partial charge on any atom is 0.191 e. The van der Waals surface area contributed by atoms with Gasteiger partial charge in [-0.1, -0.05) is 12.8 Å². The highest BCUT2D eigenvalue weighted by atomic mass is 127. The van der Waals surface area contributed by atoms with Crippen LogP contribution in [-0.4, -0.2) is 60.7 Å². The lowest BCUT2D eigenvalue weighted by molar-refractivity contribution is 0.141. The Balaban J connectivity index is 0.00000300. The van der Waals surface area contributed by atoms with E-state index >= 15 is 0 Å². The van der Waals surface area contributed by atoms with E-state index < -0.39 is 0 Å². The van der Waals surface area contributed by atoms with E-state index in [9.17, 15) is 0 Å². The molecule has 1 saturated carbocycles. The van der Waals surface area contributed by atoms with Crippen molar-refractivity contribution >= 4 is 29.9 Å². The molecule has 1 aliphatic carbocycles. The van der Waals surface area contributed by atoms with Gasteiger partial charge >= 0.3 is 0 Å². The summed E-state index contributed by atoms with van der Waals surface area (Å²) in [7, 11) is 3.46. The molecular weight excluding hydrogens is 483 g/mol. The number of aryl methyl sites for hydroxylation is 1. The maximum atomic E-state index is 5.35. The van der Waals surface area contributed by atoms with Gasteiger partial charge in [0.25, 0.3) is 0 Å². The number of hydrogen-bond donors (Lipinski definition) is 2. The van der Waals surface area contributed by atoms with Crippen molar-refractivity contribution in [1.82, 2.24) is 25.4 Å². The number of halogens is 1. The molecule has 3 rings (SSSR count). The van der Waals surface area contributed by atoms with E-state index in [1.165, 1.54) is 25.7 Å². The van der Waals surface area contributed by atoms with Crippen LogP contribution in [0.2, 0.25) is 0 Å². The maximum absolute atomic E-state index is 5.35. The number of nitrogens with zero attached hydrogens (tertiary/aromatic N) is 4. The Kier molecular flexibility index (Phi) is 10.1. The number of fused-ring (bicyclic) bond motifs is 1. The van der Waals surface area contributed by atoms with E-state index in [1.54, 1.807) is 14.2 Å². The van der Waals surface area contributed by atoms with E-state index in [0.717, 1.165) is 63.1 Å². The molecule has 166 valence electrons. The quantitative estimate of drug-likeness (QED) is 0.296. The number of hydrogen-bond acceptors (Lipinski definition) is 5. The van der Waals surface area contributed by atoms with E-state index in [0.29, 0.717) is 18.1 Å². The van der Waals surface area contributed by atoms with Crippen LogP contribution in [0.4, 0.5) is 0 Å². The van der Waals surface area contributed by atoms with Crippen LogP contribution < -0.4 is 10.6 Å². The smallest absolute Gasteiger partial charge is 0.191 e. The average molecular weight is 520 g/mol. The van der Waals surface area contributed by atoms with Crippen LogP contribution in [0.25, 0.3) is 0 Å². The Morgan fingerprint density at radius 3 is 2.76 bits per heavy atom. The van der Waals surface area contributed by atoms with E-state index in [-0.39, 0.29) is 24.0 Å². The highest BCUT2D eigenvalue weighted by Crippen LogP contribution is 2.41. The monoisotopic (exact) mass is 520 g/mol. The minimum Gasteiger partial charge on any atom is -0.385 e. The molecule has 29 heavy (non-hydrogen) atoms. The Hall–Kier alpha value is -0.940. The summed E-state index contributed by atoms with van der Waals surface area (Å²) in [6, 6.07) is 0.306. The summed E-state index contributed by atoms with van der Waals surface area (Å²) in [4.78, 5) is 9.54. The van der Waals surface area contributed by atoms with E-state index in [4.69, 9.17) is 14.5 Å².